The number of carbonyl (C=O) groups is 1. The SMILES string of the molecule is Cc1ccc(S(=O)(=O)N(CC(=O)Nc2c(C)cccc2C(C)C)c2ccccc2)cc1. The molecule has 0 heterocycles. The number of nitrogens with one attached hydrogen (secondary N) is 1. The smallest absolute Gasteiger partial charge is 0.264 e. The highest BCUT2D eigenvalue weighted by atomic mass is 32.2. The Morgan fingerprint density at radius 1 is 0.903 bits per heavy atom. The highest BCUT2D eigenvalue weighted by Crippen LogP contribution is 2.28. The van der Waals surface area contributed by atoms with Crippen molar-refractivity contribution in [2.24, 2.45) is 0 Å². The third-order valence-electron chi connectivity index (χ3n) is 5.13. The molecule has 0 unspecified atom stereocenters. The van der Waals surface area contributed by atoms with E-state index >= 15 is 0 Å². The van der Waals surface area contributed by atoms with E-state index in [-0.39, 0.29) is 17.4 Å². The summed E-state index contributed by atoms with van der Waals surface area (Å²) < 4.78 is 28.0. The average molecular weight is 437 g/mol. The fourth-order valence-corrected chi connectivity index (χ4v) is 4.82. The van der Waals surface area contributed by atoms with Crippen molar-refractivity contribution in [3.05, 3.63) is 89.5 Å². The lowest BCUT2D eigenvalue weighted by Gasteiger charge is -2.25. The number of hydrogen-bond acceptors (Lipinski definition) is 3. The third-order valence-corrected chi connectivity index (χ3v) is 6.92. The van der Waals surface area contributed by atoms with Crippen LogP contribution in [0.2, 0.25) is 0 Å². The van der Waals surface area contributed by atoms with E-state index in [1.54, 1.807) is 48.5 Å². The molecule has 0 bridgehead atoms. The predicted molar refractivity (Wildman–Crippen MR) is 126 cm³/mol. The van der Waals surface area contributed by atoms with E-state index in [2.05, 4.69) is 19.2 Å². The number of sulfonamides is 1. The van der Waals surface area contributed by atoms with Gasteiger partial charge in [-0.25, -0.2) is 8.42 Å². The number of benzene rings is 3. The van der Waals surface area contributed by atoms with Crippen LogP contribution in [0.4, 0.5) is 11.4 Å². The van der Waals surface area contributed by atoms with E-state index in [0.29, 0.717) is 5.69 Å². The van der Waals surface area contributed by atoms with E-state index in [9.17, 15) is 13.2 Å². The normalized spacial score (nSPS) is 11.4. The monoisotopic (exact) mass is 436 g/mol. The van der Waals surface area contributed by atoms with Gasteiger partial charge in [-0.1, -0.05) is 67.9 Å². The lowest BCUT2D eigenvalue weighted by Crippen LogP contribution is -2.38. The number of hydrogen-bond donors (Lipinski definition) is 1. The molecule has 31 heavy (non-hydrogen) atoms. The molecule has 3 aromatic carbocycles. The molecule has 3 aromatic rings. The van der Waals surface area contributed by atoms with E-state index in [0.717, 1.165) is 26.7 Å². The predicted octanol–water partition coefficient (Wildman–Crippen LogP) is 5.26. The molecule has 162 valence electrons. The minimum Gasteiger partial charge on any atom is -0.324 e. The first kappa shape index (κ1) is 22.6. The van der Waals surface area contributed by atoms with E-state index < -0.39 is 15.9 Å². The second-order valence-corrected chi connectivity index (χ2v) is 9.76. The van der Waals surface area contributed by atoms with Gasteiger partial charge in [0.2, 0.25) is 5.91 Å². The Balaban J connectivity index is 1.96. The van der Waals surface area contributed by atoms with Gasteiger partial charge in [-0.15, -0.1) is 0 Å². The molecule has 0 saturated carbocycles. The summed E-state index contributed by atoms with van der Waals surface area (Å²) in [6, 6.07) is 21.2. The number of amides is 1. The molecule has 0 saturated heterocycles. The van der Waals surface area contributed by atoms with Crippen LogP contribution in [0, 0.1) is 13.8 Å². The van der Waals surface area contributed by atoms with Crippen LogP contribution in [0.25, 0.3) is 0 Å². The Labute approximate surface area is 184 Å². The molecule has 0 spiro atoms. The Hall–Kier alpha value is -3.12. The lowest BCUT2D eigenvalue weighted by atomic mass is 9.98. The van der Waals surface area contributed by atoms with Crippen molar-refractivity contribution in [2.75, 3.05) is 16.2 Å². The summed E-state index contributed by atoms with van der Waals surface area (Å²) in [5.41, 5.74) is 4.09. The van der Waals surface area contributed by atoms with Gasteiger partial charge in [0.05, 0.1) is 10.6 Å². The number of anilines is 2. The van der Waals surface area contributed by atoms with Gasteiger partial charge in [0.1, 0.15) is 6.54 Å². The van der Waals surface area contributed by atoms with Crippen LogP contribution in [0.3, 0.4) is 0 Å². The van der Waals surface area contributed by atoms with Crippen LogP contribution in [0.15, 0.2) is 77.7 Å². The zero-order valence-corrected chi connectivity index (χ0v) is 19.1. The van der Waals surface area contributed by atoms with Crippen LogP contribution < -0.4 is 9.62 Å². The van der Waals surface area contributed by atoms with Gasteiger partial charge in [0, 0.05) is 5.69 Å². The highest BCUT2D eigenvalue weighted by molar-refractivity contribution is 7.92. The van der Waals surface area contributed by atoms with Gasteiger partial charge in [0.15, 0.2) is 0 Å². The molecule has 6 heteroatoms. The maximum absolute atomic E-state index is 13.4. The fraction of sp³-hybridized carbons (Fsp3) is 0.240. The molecule has 3 rings (SSSR count). The van der Waals surface area contributed by atoms with E-state index in [1.807, 2.05) is 38.1 Å². The summed E-state index contributed by atoms with van der Waals surface area (Å²) in [6.07, 6.45) is 0. The molecular weight excluding hydrogens is 408 g/mol. The molecule has 0 aliphatic carbocycles. The first-order valence-electron chi connectivity index (χ1n) is 10.2. The summed E-state index contributed by atoms with van der Waals surface area (Å²) in [7, 11) is -3.92. The highest BCUT2D eigenvalue weighted by Gasteiger charge is 2.27. The second-order valence-electron chi connectivity index (χ2n) is 7.90. The third kappa shape index (κ3) is 5.14. The minimum atomic E-state index is -3.92. The fourth-order valence-electron chi connectivity index (χ4n) is 3.40. The van der Waals surface area contributed by atoms with Crippen molar-refractivity contribution in [1.29, 1.82) is 0 Å². The second kappa shape index (κ2) is 9.35. The largest absolute Gasteiger partial charge is 0.324 e. The van der Waals surface area contributed by atoms with Crippen molar-refractivity contribution in [1.82, 2.24) is 0 Å². The van der Waals surface area contributed by atoms with Gasteiger partial charge in [-0.2, -0.15) is 0 Å². The van der Waals surface area contributed by atoms with Crippen molar-refractivity contribution in [3.63, 3.8) is 0 Å². The van der Waals surface area contributed by atoms with E-state index in [4.69, 9.17) is 0 Å². The van der Waals surface area contributed by atoms with Crippen molar-refractivity contribution in [2.45, 2.75) is 38.5 Å². The maximum atomic E-state index is 13.4. The molecule has 5 nitrogen and oxygen atoms in total. The zero-order valence-electron chi connectivity index (χ0n) is 18.3. The number of aryl methyl sites for hydroxylation is 2. The molecular formula is C25H28N2O3S. The summed E-state index contributed by atoms with van der Waals surface area (Å²) in [6.45, 7) is 7.62. The Bertz CT molecular complexity index is 1160. The number of carbonyl (C=O) groups excluding carboxylic acids is 1. The number of para-hydroxylation sites is 2. The summed E-state index contributed by atoms with van der Waals surface area (Å²) in [5, 5.41) is 2.95. The number of nitrogens with zero attached hydrogens (tertiary/aromatic N) is 1. The molecule has 0 radical (unpaired) electrons. The van der Waals surface area contributed by atoms with Gasteiger partial charge in [0.25, 0.3) is 10.0 Å². The molecule has 0 aliphatic rings. The molecule has 0 atom stereocenters. The Morgan fingerprint density at radius 3 is 2.16 bits per heavy atom. The topological polar surface area (TPSA) is 66.5 Å². The molecule has 0 fully saturated rings. The Morgan fingerprint density at radius 2 is 1.55 bits per heavy atom. The average Bonchev–Trinajstić information content (AvgIpc) is 2.74. The minimum absolute atomic E-state index is 0.147. The zero-order chi connectivity index (χ0) is 22.6. The lowest BCUT2D eigenvalue weighted by molar-refractivity contribution is -0.114. The maximum Gasteiger partial charge on any atom is 0.264 e. The summed E-state index contributed by atoms with van der Waals surface area (Å²) in [4.78, 5) is 13.2. The Kier molecular flexibility index (Phi) is 6.81. The first-order chi connectivity index (χ1) is 14.7. The standard InChI is InChI=1S/C25H28N2O3S/c1-18(2)23-12-8-9-20(4)25(23)26-24(28)17-27(21-10-6-5-7-11-21)31(29,30)22-15-13-19(3)14-16-22/h5-16,18H,17H2,1-4H3,(H,26,28). The van der Waals surface area contributed by atoms with Gasteiger partial charge < -0.3 is 5.32 Å². The van der Waals surface area contributed by atoms with Gasteiger partial charge in [-0.05, 0) is 55.2 Å². The van der Waals surface area contributed by atoms with Crippen LogP contribution in [0.5, 0.6) is 0 Å². The van der Waals surface area contributed by atoms with Crippen LogP contribution in [-0.4, -0.2) is 20.9 Å². The van der Waals surface area contributed by atoms with Crippen LogP contribution in [0.1, 0.15) is 36.5 Å². The van der Waals surface area contributed by atoms with Crippen molar-refractivity contribution < 1.29 is 13.2 Å². The molecule has 0 aliphatic heterocycles. The van der Waals surface area contributed by atoms with Crippen molar-refractivity contribution >= 4 is 27.3 Å². The molecule has 1 amide bonds. The van der Waals surface area contributed by atoms with Gasteiger partial charge >= 0.3 is 0 Å². The van der Waals surface area contributed by atoms with Crippen LogP contribution in [-0.2, 0) is 14.8 Å². The number of rotatable bonds is 7. The van der Waals surface area contributed by atoms with Crippen LogP contribution >= 0.6 is 0 Å². The summed E-state index contributed by atoms with van der Waals surface area (Å²) >= 11 is 0. The van der Waals surface area contributed by atoms with Gasteiger partial charge in [-0.3, -0.25) is 9.10 Å². The quantitative estimate of drug-likeness (QED) is 0.549. The molecule has 1 N–H and O–H groups in total. The molecule has 0 aromatic heterocycles. The first-order valence-corrected chi connectivity index (χ1v) is 11.7. The van der Waals surface area contributed by atoms with E-state index in [1.165, 1.54) is 0 Å². The van der Waals surface area contributed by atoms with Crippen molar-refractivity contribution in [3.8, 4) is 0 Å². The summed E-state index contributed by atoms with van der Waals surface area (Å²) in [5.74, 6) is -0.174.